The van der Waals surface area contributed by atoms with Gasteiger partial charge < -0.3 is 9.64 Å². The summed E-state index contributed by atoms with van der Waals surface area (Å²) < 4.78 is 4.72. The van der Waals surface area contributed by atoms with Crippen molar-refractivity contribution in [2.24, 2.45) is 4.99 Å². The van der Waals surface area contributed by atoms with E-state index < -0.39 is 0 Å². The van der Waals surface area contributed by atoms with Crippen LogP contribution in [-0.4, -0.2) is 31.4 Å². The molecule has 1 atom stereocenters. The lowest BCUT2D eigenvalue weighted by atomic mass is 9.79. The van der Waals surface area contributed by atoms with Crippen molar-refractivity contribution in [1.82, 2.24) is 0 Å². The van der Waals surface area contributed by atoms with Crippen LogP contribution in [0.4, 0.5) is 11.4 Å². The third kappa shape index (κ3) is 3.93. The zero-order valence-corrected chi connectivity index (χ0v) is 17.9. The van der Waals surface area contributed by atoms with Crippen molar-refractivity contribution in [2.45, 2.75) is 45.6 Å². The molecule has 0 bridgehead atoms. The van der Waals surface area contributed by atoms with Gasteiger partial charge in [-0.3, -0.25) is 4.99 Å². The topological polar surface area (TPSA) is 41.9 Å². The first-order valence-electron chi connectivity index (χ1n) is 9.60. The molecule has 5 heteroatoms. The van der Waals surface area contributed by atoms with Crippen LogP contribution in [0.15, 0.2) is 41.4 Å². The van der Waals surface area contributed by atoms with E-state index in [9.17, 15) is 4.79 Å². The van der Waals surface area contributed by atoms with E-state index in [1.54, 1.807) is 30.5 Å². The van der Waals surface area contributed by atoms with Crippen LogP contribution >= 0.6 is 11.6 Å². The molecule has 4 nitrogen and oxygen atoms in total. The van der Waals surface area contributed by atoms with Crippen LogP contribution in [0.25, 0.3) is 0 Å². The van der Waals surface area contributed by atoms with Crippen molar-refractivity contribution in [1.29, 1.82) is 0 Å². The first-order valence-corrected chi connectivity index (χ1v) is 9.98. The predicted molar refractivity (Wildman–Crippen MR) is 117 cm³/mol. The summed E-state index contributed by atoms with van der Waals surface area (Å²) in [6, 6.07) is 11.2. The number of methoxy groups -OCH3 is 1. The highest BCUT2D eigenvalue weighted by Crippen LogP contribution is 2.44. The summed E-state index contributed by atoms with van der Waals surface area (Å²) >= 11 is 6.60. The Labute approximate surface area is 172 Å². The average Bonchev–Trinajstić information content (AvgIpc) is 2.66. The van der Waals surface area contributed by atoms with E-state index in [2.05, 4.69) is 49.7 Å². The van der Waals surface area contributed by atoms with Gasteiger partial charge in [0.1, 0.15) is 0 Å². The van der Waals surface area contributed by atoms with Gasteiger partial charge >= 0.3 is 5.97 Å². The minimum atomic E-state index is -0.356. The number of halogens is 1. The number of hydrogen-bond acceptors (Lipinski definition) is 4. The van der Waals surface area contributed by atoms with Crippen molar-refractivity contribution in [3.05, 3.63) is 58.1 Å². The summed E-state index contributed by atoms with van der Waals surface area (Å²) in [5.74, 6) is 0.0993. The summed E-state index contributed by atoms with van der Waals surface area (Å²) in [7, 11) is 1.37. The SMILES string of the molecule is CCN1c2cc(Cl)c(C=Nc3ccc(C(=O)OC)cc3)cc2C(C)CC1(C)C. The van der Waals surface area contributed by atoms with Crippen LogP contribution < -0.4 is 4.90 Å². The fourth-order valence-electron chi connectivity index (χ4n) is 4.16. The molecule has 2 aromatic rings. The van der Waals surface area contributed by atoms with Crippen LogP contribution in [0.1, 0.15) is 61.5 Å². The van der Waals surface area contributed by atoms with E-state index in [1.807, 2.05) is 0 Å². The predicted octanol–water partition coefficient (Wildman–Crippen LogP) is 5.99. The molecule has 28 heavy (non-hydrogen) atoms. The van der Waals surface area contributed by atoms with Crippen LogP contribution in [0.5, 0.6) is 0 Å². The van der Waals surface area contributed by atoms with Gasteiger partial charge in [0.2, 0.25) is 0 Å². The number of nitrogens with zero attached hydrogens (tertiary/aromatic N) is 2. The first-order chi connectivity index (χ1) is 13.3. The molecule has 1 unspecified atom stereocenters. The minimum Gasteiger partial charge on any atom is -0.465 e. The van der Waals surface area contributed by atoms with Crippen LogP contribution in [0, 0.1) is 0 Å². The first kappa shape index (κ1) is 20.4. The van der Waals surface area contributed by atoms with Crippen LogP contribution in [0.3, 0.4) is 0 Å². The Balaban J connectivity index is 1.91. The molecule has 0 spiro atoms. The number of ether oxygens (including phenoxy) is 1. The van der Waals surface area contributed by atoms with Gasteiger partial charge in [0.05, 0.1) is 23.4 Å². The largest absolute Gasteiger partial charge is 0.465 e. The zero-order chi connectivity index (χ0) is 20.5. The molecule has 0 saturated carbocycles. The van der Waals surface area contributed by atoms with E-state index in [0.717, 1.165) is 24.2 Å². The van der Waals surface area contributed by atoms with Crippen molar-refractivity contribution in [3.8, 4) is 0 Å². The maximum absolute atomic E-state index is 11.5. The monoisotopic (exact) mass is 398 g/mol. The molecule has 0 aliphatic carbocycles. The molecule has 1 heterocycles. The lowest BCUT2D eigenvalue weighted by molar-refractivity contribution is 0.0601. The van der Waals surface area contributed by atoms with E-state index in [-0.39, 0.29) is 11.5 Å². The maximum atomic E-state index is 11.5. The molecular weight excluding hydrogens is 372 g/mol. The van der Waals surface area contributed by atoms with E-state index in [0.29, 0.717) is 16.5 Å². The van der Waals surface area contributed by atoms with Crippen LogP contribution in [0.2, 0.25) is 5.02 Å². The standard InChI is InChI=1S/C23H27ClN2O2/c1-6-26-21-12-20(24)17(11-19(21)15(2)13-23(26,3)4)14-25-18-9-7-16(8-10-18)22(27)28-5/h7-12,14-15H,6,13H2,1-5H3. The average molecular weight is 399 g/mol. The van der Waals surface area contributed by atoms with E-state index in [4.69, 9.17) is 16.3 Å². The molecule has 0 saturated heterocycles. The fourth-order valence-corrected chi connectivity index (χ4v) is 4.37. The van der Waals surface area contributed by atoms with Crippen molar-refractivity contribution < 1.29 is 9.53 Å². The van der Waals surface area contributed by atoms with Gasteiger partial charge in [-0.1, -0.05) is 18.5 Å². The number of anilines is 1. The number of esters is 1. The molecule has 2 aromatic carbocycles. The number of carbonyl (C=O) groups excluding carboxylic acids is 1. The van der Waals surface area contributed by atoms with E-state index >= 15 is 0 Å². The normalized spacial score (nSPS) is 18.2. The molecule has 0 radical (unpaired) electrons. The molecule has 0 fully saturated rings. The highest BCUT2D eigenvalue weighted by atomic mass is 35.5. The molecule has 0 amide bonds. The fraction of sp³-hybridized carbons (Fsp3) is 0.391. The van der Waals surface area contributed by atoms with Gasteiger partial charge in [0.25, 0.3) is 0 Å². The molecule has 148 valence electrons. The Hall–Kier alpha value is -2.33. The summed E-state index contributed by atoms with van der Waals surface area (Å²) in [4.78, 5) is 18.5. The number of carbonyl (C=O) groups is 1. The minimum absolute atomic E-state index is 0.113. The number of benzene rings is 2. The van der Waals surface area contributed by atoms with Gasteiger partial charge in [0.15, 0.2) is 0 Å². The number of fused-ring (bicyclic) bond motifs is 1. The highest BCUT2D eigenvalue weighted by molar-refractivity contribution is 6.33. The lowest BCUT2D eigenvalue weighted by Crippen LogP contribution is -2.48. The lowest BCUT2D eigenvalue weighted by Gasteiger charge is -2.47. The molecule has 0 aromatic heterocycles. The van der Waals surface area contributed by atoms with E-state index in [1.165, 1.54) is 18.4 Å². The number of rotatable bonds is 4. The van der Waals surface area contributed by atoms with Crippen molar-refractivity contribution in [2.75, 3.05) is 18.6 Å². The second-order valence-electron chi connectivity index (χ2n) is 7.89. The molecular formula is C23H27ClN2O2. The van der Waals surface area contributed by atoms with Crippen molar-refractivity contribution in [3.63, 3.8) is 0 Å². The van der Waals surface area contributed by atoms with Gasteiger partial charge in [0, 0.05) is 29.5 Å². The smallest absolute Gasteiger partial charge is 0.337 e. The zero-order valence-electron chi connectivity index (χ0n) is 17.1. The quantitative estimate of drug-likeness (QED) is 0.469. The third-order valence-corrected chi connectivity index (χ3v) is 5.79. The highest BCUT2D eigenvalue weighted by Gasteiger charge is 2.35. The van der Waals surface area contributed by atoms with Crippen LogP contribution in [-0.2, 0) is 4.74 Å². The summed E-state index contributed by atoms with van der Waals surface area (Å²) in [6.45, 7) is 9.98. The number of hydrogen-bond donors (Lipinski definition) is 0. The Bertz CT molecular complexity index is 904. The Morgan fingerprint density at radius 2 is 2.00 bits per heavy atom. The molecule has 1 aliphatic heterocycles. The van der Waals surface area contributed by atoms with Gasteiger partial charge in [-0.05, 0) is 75.1 Å². The number of aliphatic imine (C=N–C) groups is 1. The van der Waals surface area contributed by atoms with Crippen molar-refractivity contribution >= 4 is 35.2 Å². The second-order valence-corrected chi connectivity index (χ2v) is 8.30. The summed E-state index contributed by atoms with van der Waals surface area (Å²) in [5.41, 5.74) is 4.81. The Morgan fingerprint density at radius 1 is 1.32 bits per heavy atom. The van der Waals surface area contributed by atoms with Gasteiger partial charge in [-0.25, -0.2) is 4.79 Å². The molecule has 3 rings (SSSR count). The molecule has 1 aliphatic rings. The molecule has 0 N–H and O–H groups in total. The van der Waals surface area contributed by atoms with Gasteiger partial charge in [-0.15, -0.1) is 0 Å². The Morgan fingerprint density at radius 3 is 2.61 bits per heavy atom. The maximum Gasteiger partial charge on any atom is 0.337 e. The van der Waals surface area contributed by atoms with Gasteiger partial charge in [-0.2, -0.15) is 0 Å². The summed E-state index contributed by atoms with van der Waals surface area (Å²) in [5, 5.41) is 0.692. The third-order valence-electron chi connectivity index (χ3n) is 5.46. The Kier molecular flexibility index (Phi) is 5.80. The second kappa shape index (κ2) is 7.96. The summed E-state index contributed by atoms with van der Waals surface area (Å²) in [6.07, 6.45) is 2.89.